The van der Waals surface area contributed by atoms with Crippen molar-refractivity contribution in [3.63, 3.8) is 0 Å². The Kier molecular flexibility index (Phi) is 28.0. The number of hydroxylamine groups is 2. The molecule has 2 aromatic carbocycles. The van der Waals surface area contributed by atoms with E-state index in [0.717, 1.165) is 127 Å². The number of nitrogens with two attached hydrogens (primary N) is 2. The number of thioether (sulfide) groups is 2. The number of benzene rings is 2. The molecule has 0 unspecified atom stereocenters. The lowest BCUT2D eigenvalue weighted by Gasteiger charge is -2.38. The zero-order chi connectivity index (χ0) is 71.7. The molecule has 536 valence electrons. The molecule has 102 heavy (non-hydrogen) atoms. The first-order chi connectivity index (χ1) is 49.6. The number of aromatic nitrogens is 6. The molecule has 6 aromatic rings. The van der Waals surface area contributed by atoms with Gasteiger partial charge in [-0.2, -0.15) is 21.5 Å². The maximum absolute atomic E-state index is 13.3. The second kappa shape index (κ2) is 38.0. The summed E-state index contributed by atoms with van der Waals surface area (Å²) in [6.07, 6.45) is 7.22. The number of carbonyl (C=O) groups is 6. The summed E-state index contributed by atoms with van der Waals surface area (Å²) in [5.74, 6) is -1.33. The Morgan fingerprint density at radius 3 is 1.24 bits per heavy atom. The fourth-order valence-corrected chi connectivity index (χ4v) is 14.3. The van der Waals surface area contributed by atoms with Gasteiger partial charge in [0, 0.05) is 138 Å². The number of aliphatic hydroxyl groups is 2. The van der Waals surface area contributed by atoms with Crippen LogP contribution in [0.4, 0.5) is 11.6 Å². The van der Waals surface area contributed by atoms with Crippen LogP contribution in [0.15, 0.2) is 107 Å². The predicted octanol–water partition coefficient (Wildman–Crippen LogP) is 3.94. The zero-order valence-electron chi connectivity index (χ0n) is 57.0. The van der Waals surface area contributed by atoms with Crippen LogP contribution in [-0.2, 0) is 75.6 Å². The van der Waals surface area contributed by atoms with Crippen LogP contribution in [-0.4, -0.2) is 223 Å². The van der Waals surface area contributed by atoms with Gasteiger partial charge in [-0.15, -0.1) is 0 Å². The van der Waals surface area contributed by atoms with Gasteiger partial charge >= 0.3 is 11.9 Å². The lowest BCUT2D eigenvalue weighted by molar-refractivity contribution is -0.154. The van der Waals surface area contributed by atoms with E-state index < -0.39 is 23.8 Å². The van der Waals surface area contributed by atoms with Crippen molar-refractivity contribution < 1.29 is 48.7 Å². The van der Waals surface area contributed by atoms with E-state index in [9.17, 15) is 49.5 Å². The highest BCUT2D eigenvalue weighted by Crippen LogP contribution is 2.32. The highest BCUT2D eigenvalue weighted by Gasteiger charge is 2.28. The van der Waals surface area contributed by atoms with Crippen LogP contribution in [0.3, 0.4) is 0 Å². The third-order valence-corrected chi connectivity index (χ3v) is 20.2. The number of pyridine rings is 2. The Labute approximate surface area is 601 Å². The van der Waals surface area contributed by atoms with Gasteiger partial charge in [0.2, 0.25) is 11.8 Å². The van der Waals surface area contributed by atoms with Crippen molar-refractivity contribution >= 4 is 70.7 Å². The topological polar surface area (TPSA) is 382 Å². The normalized spacial score (nSPS) is 15.9. The minimum Gasteiger partial charge on any atom is -0.395 e. The van der Waals surface area contributed by atoms with E-state index in [1.165, 1.54) is 23.5 Å². The van der Waals surface area contributed by atoms with Crippen LogP contribution >= 0.6 is 23.5 Å². The third-order valence-electron chi connectivity index (χ3n) is 18.5. The molecule has 0 saturated carbocycles. The summed E-state index contributed by atoms with van der Waals surface area (Å²) in [5.41, 5.74) is 22.5. The number of amides is 4. The molecule has 8 heterocycles. The number of β-amino-alcohol motifs (C(OH)–C–C–N with tert-alkyl or cyclic N) is 2. The number of piperidine rings is 2. The number of nitrogens with one attached hydrogen (secondary N) is 2. The maximum Gasteiger partial charge on any atom is 0.356 e. The highest BCUT2D eigenvalue weighted by atomic mass is 32.2. The number of hydrogen-bond donors (Lipinski definition) is 6. The summed E-state index contributed by atoms with van der Waals surface area (Å²) in [6.45, 7) is 14.4. The number of aryl methyl sites for hydroxylation is 2. The molecule has 0 radical (unpaired) electrons. The molecule has 4 aliphatic heterocycles. The van der Waals surface area contributed by atoms with Crippen molar-refractivity contribution in [2.45, 2.75) is 86.0 Å². The first-order valence-corrected chi connectivity index (χ1v) is 36.4. The van der Waals surface area contributed by atoms with E-state index in [4.69, 9.17) is 31.1 Å². The number of aliphatic hydroxyl groups excluding tert-OH is 2. The SMILES string of the molecule is N#Cc1c(N)nc(SCc2cccc(CCC(=O)N3CCN(CC4CCN(CCO)CC4)CC3)n2)nc1-c1ccc(CC(=O)NOC(=O)/C=C\C(=O)ONC(=O)Cc2ccc(-c3nc(SCc4cccc(CCC(=O)N5CCN(CC6CCN(CCO)CC6)CC5)n4)nc(N)c3C#N)cc2)cc1. The summed E-state index contributed by atoms with van der Waals surface area (Å²) in [6, 6.07) is 28.8. The van der Waals surface area contributed by atoms with E-state index in [0.29, 0.717) is 120 Å². The zero-order valence-corrected chi connectivity index (χ0v) is 58.6. The number of hydrogen-bond acceptors (Lipinski definition) is 26. The average Bonchev–Trinajstić information content (AvgIpc) is 0.811. The Morgan fingerprint density at radius 1 is 0.500 bits per heavy atom. The van der Waals surface area contributed by atoms with Crippen LogP contribution in [0.5, 0.6) is 0 Å². The number of nitrogen functional groups attached to an aromatic ring is 2. The Balaban J connectivity index is 0.606. The van der Waals surface area contributed by atoms with E-state index in [2.05, 4.69) is 51.7 Å². The molecule has 4 amide bonds. The molecular formula is C72H86N18O10S2. The van der Waals surface area contributed by atoms with Gasteiger partial charge in [0.05, 0.1) is 48.8 Å². The van der Waals surface area contributed by atoms with Crippen LogP contribution in [0.2, 0.25) is 0 Å². The number of piperazine rings is 2. The average molecular weight is 1430 g/mol. The van der Waals surface area contributed by atoms with Crippen LogP contribution in [0, 0.1) is 34.5 Å². The standard InChI is InChI=1S/C72H86N18O10S2/c73-43-59-67(79-71(81-69(59)75)101-47-57-5-1-3-55(77-57)15-17-63(95)89-33-29-87(30-34-89)45-51-21-25-85(26-22-51)37-39-91)53-11-7-49(8-12-53)41-61(93)83-99-65(97)19-20-66(98)100-84-62(94)42-50-9-13-54(14-10-50)68-60(44-74)70(76)82-72(80-68)102-48-58-6-2-4-56(78-58)16-18-64(96)90-35-31-88(32-36-90)46-52-23-27-86(28-24-52)38-40-92/h1-14,19-20,51-52,91-92H,15-18,21-42,45-48H2,(H,83,93)(H,84,94)(H2,75,79,81)(H2,76,80,82)/b20-19-. The van der Waals surface area contributed by atoms with E-state index in [1.54, 1.807) is 48.5 Å². The molecule has 4 fully saturated rings. The Bertz CT molecular complexity index is 3740. The fourth-order valence-electron chi connectivity index (χ4n) is 12.8. The van der Waals surface area contributed by atoms with Crippen LogP contribution in [0.25, 0.3) is 22.5 Å². The van der Waals surface area contributed by atoms with Gasteiger partial charge in [0.25, 0.3) is 11.8 Å². The molecule has 28 nitrogen and oxygen atoms in total. The smallest absolute Gasteiger partial charge is 0.356 e. The molecule has 8 N–H and O–H groups in total. The molecule has 0 bridgehead atoms. The van der Waals surface area contributed by atoms with Crippen molar-refractivity contribution in [3.05, 3.63) is 142 Å². The van der Waals surface area contributed by atoms with Crippen molar-refractivity contribution in [3.8, 4) is 34.7 Å². The molecule has 0 atom stereocenters. The van der Waals surface area contributed by atoms with Gasteiger partial charge in [0.1, 0.15) is 34.9 Å². The van der Waals surface area contributed by atoms with Gasteiger partial charge in [-0.3, -0.25) is 38.9 Å². The van der Waals surface area contributed by atoms with Crippen LogP contribution in [0.1, 0.15) is 83.6 Å². The van der Waals surface area contributed by atoms with Crippen molar-refractivity contribution in [1.29, 1.82) is 10.5 Å². The molecule has 4 aliphatic rings. The number of carbonyl (C=O) groups excluding carboxylic acids is 6. The van der Waals surface area contributed by atoms with Gasteiger partial charge in [-0.1, -0.05) is 84.2 Å². The number of likely N-dealkylation sites (tertiary alicyclic amines) is 2. The molecular weight excluding hydrogens is 1340 g/mol. The van der Waals surface area contributed by atoms with Gasteiger partial charge in [-0.05, 0) is 112 Å². The number of nitriles is 2. The molecule has 0 aliphatic carbocycles. The maximum atomic E-state index is 13.3. The quantitative estimate of drug-likeness (QED) is 0.0175. The summed E-state index contributed by atoms with van der Waals surface area (Å²) in [7, 11) is 0. The largest absolute Gasteiger partial charge is 0.395 e. The molecule has 30 heteroatoms. The first-order valence-electron chi connectivity index (χ1n) is 34.4. The predicted molar refractivity (Wildman–Crippen MR) is 381 cm³/mol. The summed E-state index contributed by atoms with van der Waals surface area (Å²) in [5, 5.41) is 39.2. The van der Waals surface area contributed by atoms with Crippen molar-refractivity contribution in [1.82, 2.24) is 70.3 Å². The summed E-state index contributed by atoms with van der Waals surface area (Å²) < 4.78 is 0. The van der Waals surface area contributed by atoms with E-state index in [1.807, 2.05) is 57.2 Å². The minimum absolute atomic E-state index is 0.00681. The molecule has 4 aromatic heterocycles. The summed E-state index contributed by atoms with van der Waals surface area (Å²) >= 11 is 2.58. The second-order valence-corrected chi connectivity index (χ2v) is 27.5. The Hall–Kier alpha value is -9.50. The molecule has 0 spiro atoms. The number of rotatable bonds is 28. The lowest BCUT2D eigenvalue weighted by atomic mass is 9.96. The van der Waals surface area contributed by atoms with Gasteiger partial charge in [-0.25, -0.2) is 29.5 Å². The monoisotopic (exact) mass is 1430 g/mol. The first kappa shape index (κ1) is 75.2. The lowest BCUT2D eigenvalue weighted by Crippen LogP contribution is -2.50. The van der Waals surface area contributed by atoms with Gasteiger partial charge < -0.3 is 51.0 Å². The van der Waals surface area contributed by atoms with Crippen molar-refractivity contribution in [2.24, 2.45) is 11.8 Å². The van der Waals surface area contributed by atoms with E-state index >= 15 is 0 Å². The van der Waals surface area contributed by atoms with Crippen molar-refractivity contribution in [2.75, 3.05) is 129 Å². The minimum atomic E-state index is -1.12. The molecule has 4 saturated heterocycles. The number of nitrogens with zero attached hydrogens (tertiary/aromatic N) is 14. The fraction of sp³-hybridized carbons (Fsp3) is 0.444. The highest BCUT2D eigenvalue weighted by molar-refractivity contribution is 7.98. The second-order valence-electron chi connectivity index (χ2n) is 25.6. The Morgan fingerprint density at radius 2 is 0.873 bits per heavy atom. The number of anilines is 2. The van der Waals surface area contributed by atoms with Gasteiger partial charge in [0.15, 0.2) is 10.3 Å². The molecule has 10 rings (SSSR count). The van der Waals surface area contributed by atoms with Crippen LogP contribution < -0.4 is 22.4 Å². The van der Waals surface area contributed by atoms with E-state index in [-0.39, 0.29) is 72.0 Å². The third kappa shape index (κ3) is 22.5. The summed E-state index contributed by atoms with van der Waals surface area (Å²) in [4.78, 5) is 128.